The molecule has 2 aromatic carbocycles. The number of carboxylic acids is 1. The van der Waals surface area contributed by atoms with Crippen LogP contribution in [-0.2, 0) is 0 Å². The smallest absolute Gasteiger partial charge is 0.335 e. The largest absolute Gasteiger partial charge is 0.478 e. The molecule has 4 nitrogen and oxygen atoms in total. The predicted octanol–water partition coefficient (Wildman–Crippen LogP) is 4.76. The lowest BCUT2D eigenvalue weighted by molar-refractivity contribution is 0.0696. The molecule has 1 heterocycles. The Hall–Kier alpha value is -2.14. The van der Waals surface area contributed by atoms with Crippen LogP contribution in [0.4, 0.5) is 5.69 Å². The van der Waals surface area contributed by atoms with E-state index >= 15 is 0 Å². The summed E-state index contributed by atoms with van der Waals surface area (Å²) < 4.78 is 6.07. The molecule has 0 radical (unpaired) electrons. The van der Waals surface area contributed by atoms with Gasteiger partial charge in [-0.1, -0.05) is 17.7 Å². The van der Waals surface area contributed by atoms with E-state index in [4.69, 9.17) is 4.74 Å². The second-order valence-electron chi connectivity index (χ2n) is 6.11. The van der Waals surface area contributed by atoms with Gasteiger partial charge < -0.3 is 14.7 Å². The van der Waals surface area contributed by atoms with E-state index in [9.17, 15) is 9.90 Å². The van der Waals surface area contributed by atoms with Crippen molar-refractivity contribution < 1.29 is 14.6 Å². The van der Waals surface area contributed by atoms with Crippen molar-refractivity contribution in [2.45, 2.75) is 31.1 Å². The third kappa shape index (κ3) is 3.67. The van der Waals surface area contributed by atoms with Crippen LogP contribution in [0.25, 0.3) is 0 Å². The van der Waals surface area contributed by atoms with Crippen molar-refractivity contribution >= 4 is 24.3 Å². The van der Waals surface area contributed by atoms with Crippen LogP contribution in [-0.4, -0.2) is 24.2 Å². The van der Waals surface area contributed by atoms with Gasteiger partial charge in [-0.2, -0.15) is 0 Å². The van der Waals surface area contributed by atoms with Gasteiger partial charge in [0.15, 0.2) is 5.75 Å². The van der Waals surface area contributed by atoms with Crippen LogP contribution in [0.1, 0.15) is 35.2 Å². The minimum atomic E-state index is -0.953. The number of rotatable bonds is 4. The molecule has 1 saturated heterocycles. The van der Waals surface area contributed by atoms with Crippen LogP contribution in [0.3, 0.4) is 0 Å². The Morgan fingerprint density at radius 2 is 1.79 bits per heavy atom. The molecule has 0 bridgehead atoms. The van der Waals surface area contributed by atoms with Crippen LogP contribution in [0, 0.1) is 6.92 Å². The van der Waals surface area contributed by atoms with Gasteiger partial charge >= 0.3 is 5.97 Å². The first-order valence-corrected chi connectivity index (χ1v) is 8.59. The summed E-state index contributed by atoms with van der Waals surface area (Å²) in [6, 6.07) is 11.0. The molecular formula is C19H21NO3S. The summed E-state index contributed by atoms with van der Waals surface area (Å²) in [6.45, 7) is 3.83. The quantitative estimate of drug-likeness (QED) is 0.786. The molecular weight excluding hydrogens is 322 g/mol. The molecule has 0 unspecified atom stereocenters. The molecule has 2 aromatic rings. The first kappa shape index (κ1) is 16.7. The summed E-state index contributed by atoms with van der Waals surface area (Å²) in [6.07, 6.45) is 3.41. The second-order valence-corrected chi connectivity index (χ2v) is 6.59. The molecule has 126 valence electrons. The minimum Gasteiger partial charge on any atom is -0.478 e. The molecule has 1 aliphatic heterocycles. The van der Waals surface area contributed by atoms with Crippen molar-refractivity contribution in [3.05, 3.63) is 47.5 Å². The number of thiol groups is 1. The number of hydrogen-bond donors (Lipinski definition) is 2. The van der Waals surface area contributed by atoms with E-state index in [1.807, 2.05) is 31.2 Å². The maximum Gasteiger partial charge on any atom is 0.335 e. The standard InChI is InChI=1S/C19H21NO3S/c1-13-5-7-15(8-6-13)23-18-16(20-9-3-2-4-10-20)11-14(19(21)22)12-17(18)24/h5-8,11-12,24H,2-4,9-10H2,1H3,(H,21,22). The maximum atomic E-state index is 11.4. The van der Waals surface area contributed by atoms with Crippen molar-refractivity contribution in [3.8, 4) is 11.5 Å². The van der Waals surface area contributed by atoms with Crippen molar-refractivity contribution in [1.29, 1.82) is 0 Å². The summed E-state index contributed by atoms with van der Waals surface area (Å²) in [5.41, 5.74) is 2.20. The van der Waals surface area contributed by atoms with E-state index in [2.05, 4.69) is 17.5 Å². The molecule has 5 heteroatoms. The molecule has 1 aliphatic rings. The molecule has 1 N–H and O–H groups in total. The van der Waals surface area contributed by atoms with E-state index in [0.717, 1.165) is 42.9 Å². The van der Waals surface area contributed by atoms with Gasteiger partial charge in [-0.15, -0.1) is 12.6 Å². The fourth-order valence-electron chi connectivity index (χ4n) is 2.92. The van der Waals surface area contributed by atoms with Gasteiger partial charge in [-0.05, 0) is 50.5 Å². The molecule has 0 aliphatic carbocycles. The molecule has 1 fully saturated rings. The fraction of sp³-hybridized carbons (Fsp3) is 0.316. The minimum absolute atomic E-state index is 0.233. The second kappa shape index (κ2) is 7.18. The normalized spacial score (nSPS) is 14.5. The van der Waals surface area contributed by atoms with Crippen LogP contribution in [0.15, 0.2) is 41.3 Å². The van der Waals surface area contributed by atoms with Crippen molar-refractivity contribution in [1.82, 2.24) is 0 Å². The zero-order chi connectivity index (χ0) is 17.1. The average molecular weight is 343 g/mol. The molecule has 0 aromatic heterocycles. The third-order valence-electron chi connectivity index (χ3n) is 4.23. The van der Waals surface area contributed by atoms with E-state index in [-0.39, 0.29) is 5.56 Å². The van der Waals surface area contributed by atoms with Gasteiger partial charge in [0.25, 0.3) is 0 Å². The highest BCUT2D eigenvalue weighted by molar-refractivity contribution is 7.80. The van der Waals surface area contributed by atoms with E-state index < -0.39 is 5.97 Å². The Bertz CT molecular complexity index is 737. The zero-order valence-electron chi connectivity index (χ0n) is 13.7. The van der Waals surface area contributed by atoms with Crippen LogP contribution < -0.4 is 9.64 Å². The van der Waals surface area contributed by atoms with Crippen molar-refractivity contribution in [3.63, 3.8) is 0 Å². The van der Waals surface area contributed by atoms with Crippen LogP contribution in [0.2, 0.25) is 0 Å². The first-order chi connectivity index (χ1) is 11.5. The Labute approximate surface area is 147 Å². The van der Waals surface area contributed by atoms with Gasteiger partial charge in [0, 0.05) is 18.0 Å². The number of carbonyl (C=O) groups is 1. The summed E-state index contributed by atoms with van der Waals surface area (Å²) in [5, 5.41) is 9.35. The summed E-state index contributed by atoms with van der Waals surface area (Å²) in [5.74, 6) is 0.386. The number of aryl methyl sites for hydroxylation is 1. The lowest BCUT2D eigenvalue weighted by Gasteiger charge is -2.31. The Morgan fingerprint density at radius 1 is 1.12 bits per heavy atom. The highest BCUT2D eigenvalue weighted by Gasteiger charge is 2.21. The lowest BCUT2D eigenvalue weighted by Crippen LogP contribution is -2.30. The van der Waals surface area contributed by atoms with Gasteiger partial charge in [0.1, 0.15) is 5.75 Å². The lowest BCUT2D eigenvalue weighted by atomic mass is 10.1. The van der Waals surface area contributed by atoms with Gasteiger partial charge in [-0.25, -0.2) is 4.79 Å². The number of hydrogen-bond acceptors (Lipinski definition) is 4. The Morgan fingerprint density at radius 3 is 2.42 bits per heavy atom. The summed E-state index contributed by atoms with van der Waals surface area (Å²) >= 11 is 4.49. The van der Waals surface area contributed by atoms with Gasteiger partial charge in [0.05, 0.1) is 11.3 Å². The van der Waals surface area contributed by atoms with Gasteiger partial charge in [0.2, 0.25) is 0 Å². The molecule has 0 saturated carbocycles. The predicted molar refractivity (Wildman–Crippen MR) is 98.0 cm³/mol. The van der Waals surface area contributed by atoms with E-state index in [1.54, 1.807) is 12.1 Å². The SMILES string of the molecule is Cc1ccc(Oc2c(S)cc(C(=O)O)cc2N2CCCCC2)cc1. The topological polar surface area (TPSA) is 49.8 Å². The first-order valence-electron chi connectivity index (χ1n) is 8.14. The van der Waals surface area contributed by atoms with Crippen molar-refractivity contribution in [2.75, 3.05) is 18.0 Å². The zero-order valence-corrected chi connectivity index (χ0v) is 14.6. The highest BCUT2D eigenvalue weighted by atomic mass is 32.1. The van der Waals surface area contributed by atoms with Crippen LogP contribution in [0.5, 0.6) is 11.5 Å². The molecule has 0 spiro atoms. The average Bonchev–Trinajstić information content (AvgIpc) is 2.59. The monoisotopic (exact) mass is 343 g/mol. The van der Waals surface area contributed by atoms with E-state index in [0.29, 0.717) is 10.6 Å². The fourth-order valence-corrected chi connectivity index (χ4v) is 3.22. The Balaban J connectivity index is 2.01. The molecule has 0 atom stereocenters. The van der Waals surface area contributed by atoms with Crippen LogP contribution >= 0.6 is 12.6 Å². The number of carboxylic acid groups (broad SMARTS) is 1. The van der Waals surface area contributed by atoms with E-state index in [1.165, 1.54) is 6.42 Å². The maximum absolute atomic E-state index is 11.4. The number of benzene rings is 2. The summed E-state index contributed by atoms with van der Waals surface area (Å²) in [4.78, 5) is 14.1. The van der Waals surface area contributed by atoms with Gasteiger partial charge in [-0.3, -0.25) is 0 Å². The van der Waals surface area contributed by atoms with Crippen molar-refractivity contribution in [2.24, 2.45) is 0 Å². The molecule has 24 heavy (non-hydrogen) atoms. The third-order valence-corrected chi connectivity index (χ3v) is 4.57. The Kier molecular flexibility index (Phi) is 5.00. The molecule has 3 rings (SSSR count). The number of anilines is 1. The number of nitrogens with zero attached hydrogens (tertiary/aromatic N) is 1. The number of ether oxygens (including phenoxy) is 1. The summed E-state index contributed by atoms with van der Waals surface area (Å²) in [7, 11) is 0. The molecule has 0 amide bonds. The number of aromatic carboxylic acids is 1. The highest BCUT2D eigenvalue weighted by Crippen LogP contribution is 2.40. The number of piperidine rings is 1.